The van der Waals surface area contributed by atoms with Crippen molar-refractivity contribution in [1.29, 1.82) is 0 Å². The Morgan fingerprint density at radius 3 is 3.07 bits per heavy atom. The van der Waals surface area contributed by atoms with Crippen molar-refractivity contribution in [2.75, 3.05) is 19.6 Å². The van der Waals surface area contributed by atoms with Crippen molar-refractivity contribution in [3.63, 3.8) is 0 Å². The lowest BCUT2D eigenvalue weighted by molar-refractivity contribution is 0.0655. The van der Waals surface area contributed by atoms with Crippen molar-refractivity contribution in [3.05, 3.63) is 17.5 Å². The lowest BCUT2D eigenvalue weighted by Gasteiger charge is -2.33. The molecule has 1 aromatic heterocycles. The molecule has 0 saturated carbocycles. The minimum Gasteiger partial charge on any atom is -0.333 e. The van der Waals surface area contributed by atoms with Crippen molar-refractivity contribution in [2.24, 2.45) is 0 Å². The predicted octanol–water partition coefficient (Wildman–Crippen LogP) is 0.152. The third-order valence-corrected chi connectivity index (χ3v) is 2.82. The van der Waals surface area contributed by atoms with Crippen LogP contribution in [0.5, 0.6) is 0 Å². The van der Waals surface area contributed by atoms with Gasteiger partial charge in [0.05, 0.1) is 11.8 Å². The van der Waals surface area contributed by atoms with Gasteiger partial charge in [0.2, 0.25) is 0 Å². The molecule has 0 radical (unpaired) electrons. The van der Waals surface area contributed by atoms with Gasteiger partial charge in [-0.05, 0) is 13.8 Å². The van der Waals surface area contributed by atoms with Crippen LogP contribution < -0.4 is 5.32 Å². The molecule has 5 nitrogen and oxygen atoms in total. The summed E-state index contributed by atoms with van der Waals surface area (Å²) in [5.74, 6) is 0.0789. The van der Waals surface area contributed by atoms with E-state index in [0.29, 0.717) is 5.56 Å². The van der Waals surface area contributed by atoms with Gasteiger partial charge in [-0.25, -0.2) is 0 Å². The number of aromatic amines is 1. The second kappa shape index (κ2) is 4.02. The van der Waals surface area contributed by atoms with Gasteiger partial charge in [0, 0.05) is 31.4 Å². The maximum absolute atomic E-state index is 12.1. The Kier molecular flexibility index (Phi) is 2.73. The summed E-state index contributed by atoms with van der Waals surface area (Å²) >= 11 is 0. The summed E-state index contributed by atoms with van der Waals surface area (Å²) in [5.41, 5.74) is 1.52. The molecule has 0 aromatic carbocycles. The molecular formula is C10H16N4O. The number of nitrogens with zero attached hydrogens (tertiary/aromatic N) is 2. The van der Waals surface area contributed by atoms with Gasteiger partial charge in [-0.3, -0.25) is 9.89 Å². The monoisotopic (exact) mass is 208 g/mol. The molecule has 1 fully saturated rings. The number of nitrogens with one attached hydrogen (secondary N) is 2. The number of H-pyrrole nitrogens is 1. The zero-order valence-corrected chi connectivity index (χ0v) is 9.08. The van der Waals surface area contributed by atoms with Crippen LogP contribution in [-0.4, -0.2) is 46.7 Å². The molecule has 0 bridgehead atoms. The molecule has 15 heavy (non-hydrogen) atoms. The van der Waals surface area contributed by atoms with Crippen LogP contribution in [-0.2, 0) is 0 Å². The van der Waals surface area contributed by atoms with E-state index >= 15 is 0 Å². The number of aromatic nitrogens is 2. The van der Waals surface area contributed by atoms with Crippen molar-refractivity contribution in [3.8, 4) is 0 Å². The van der Waals surface area contributed by atoms with Gasteiger partial charge in [0.1, 0.15) is 0 Å². The minimum atomic E-state index is 0.0789. The van der Waals surface area contributed by atoms with E-state index < -0.39 is 0 Å². The maximum atomic E-state index is 12.1. The smallest absolute Gasteiger partial charge is 0.257 e. The molecule has 2 rings (SSSR count). The van der Waals surface area contributed by atoms with Gasteiger partial charge in [-0.15, -0.1) is 0 Å². The zero-order chi connectivity index (χ0) is 10.8. The molecule has 0 spiro atoms. The van der Waals surface area contributed by atoms with Crippen molar-refractivity contribution in [1.82, 2.24) is 20.4 Å². The number of aryl methyl sites for hydroxylation is 1. The fourth-order valence-electron chi connectivity index (χ4n) is 1.86. The molecule has 1 unspecified atom stereocenters. The van der Waals surface area contributed by atoms with Gasteiger partial charge >= 0.3 is 0 Å². The number of amides is 1. The Bertz CT molecular complexity index is 360. The fraction of sp³-hybridized carbons (Fsp3) is 0.600. The highest BCUT2D eigenvalue weighted by Crippen LogP contribution is 2.11. The molecule has 82 valence electrons. The standard InChI is InChI=1S/C10H16N4O/c1-7-5-11-3-4-14(7)10(15)9-6-12-13-8(9)2/h6-7,11H,3-5H2,1-2H3,(H,12,13). The zero-order valence-electron chi connectivity index (χ0n) is 9.08. The average molecular weight is 208 g/mol. The number of rotatable bonds is 1. The first-order valence-electron chi connectivity index (χ1n) is 5.22. The topological polar surface area (TPSA) is 61.0 Å². The summed E-state index contributed by atoms with van der Waals surface area (Å²) in [6, 6.07) is 0.251. The predicted molar refractivity (Wildman–Crippen MR) is 56.7 cm³/mol. The first kappa shape index (κ1) is 10.2. The van der Waals surface area contributed by atoms with Crippen LogP contribution in [0.15, 0.2) is 6.20 Å². The number of piperazine rings is 1. The lowest BCUT2D eigenvalue weighted by atomic mass is 10.1. The van der Waals surface area contributed by atoms with Crippen molar-refractivity contribution >= 4 is 5.91 Å². The maximum Gasteiger partial charge on any atom is 0.257 e. The van der Waals surface area contributed by atoms with Gasteiger partial charge in [-0.2, -0.15) is 5.10 Å². The fourth-order valence-corrected chi connectivity index (χ4v) is 1.86. The highest BCUT2D eigenvalue weighted by molar-refractivity contribution is 5.95. The van der Waals surface area contributed by atoms with Crippen LogP contribution in [0.4, 0.5) is 0 Å². The first-order chi connectivity index (χ1) is 7.20. The Morgan fingerprint density at radius 2 is 2.47 bits per heavy atom. The van der Waals surface area contributed by atoms with Crippen LogP contribution >= 0.6 is 0 Å². The lowest BCUT2D eigenvalue weighted by Crippen LogP contribution is -2.52. The molecule has 0 aliphatic carbocycles. The highest BCUT2D eigenvalue weighted by Gasteiger charge is 2.25. The van der Waals surface area contributed by atoms with E-state index in [1.165, 1.54) is 0 Å². The molecule has 2 N–H and O–H groups in total. The van der Waals surface area contributed by atoms with Crippen LogP contribution in [0, 0.1) is 6.92 Å². The van der Waals surface area contributed by atoms with E-state index in [1.807, 2.05) is 11.8 Å². The summed E-state index contributed by atoms with van der Waals surface area (Å²) in [6.45, 7) is 6.42. The van der Waals surface area contributed by atoms with Crippen LogP contribution in [0.2, 0.25) is 0 Å². The second-order valence-corrected chi connectivity index (χ2v) is 3.96. The summed E-state index contributed by atoms with van der Waals surface area (Å²) in [5, 5.41) is 9.93. The van der Waals surface area contributed by atoms with E-state index in [9.17, 15) is 4.79 Å². The normalized spacial score (nSPS) is 21.7. The largest absolute Gasteiger partial charge is 0.333 e. The summed E-state index contributed by atoms with van der Waals surface area (Å²) < 4.78 is 0. The molecule has 1 aliphatic heterocycles. The van der Waals surface area contributed by atoms with Crippen LogP contribution in [0.25, 0.3) is 0 Å². The molecule has 1 aromatic rings. The number of hydrogen-bond donors (Lipinski definition) is 2. The molecule has 1 amide bonds. The van der Waals surface area contributed by atoms with Crippen molar-refractivity contribution < 1.29 is 4.79 Å². The number of carbonyl (C=O) groups excluding carboxylic acids is 1. The number of carbonyl (C=O) groups is 1. The Balaban J connectivity index is 2.17. The summed E-state index contributed by atoms with van der Waals surface area (Å²) in [7, 11) is 0. The molecule has 1 aliphatic rings. The molecule has 5 heteroatoms. The van der Waals surface area contributed by atoms with E-state index in [1.54, 1.807) is 6.20 Å². The van der Waals surface area contributed by atoms with Crippen LogP contribution in [0.3, 0.4) is 0 Å². The molecule has 2 heterocycles. The Labute approximate surface area is 88.8 Å². The first-order valence-corrected chi connectivity index (χ1v) is 5.22. The highest BCUT2D eigenvalue weighted by atomic mass is 16.2. The van der Waals surface area contributed by atoms with E-state index in [-0.39, 0.29) is 11.9 Å². The van der Waals surface area contributed by atoms with Gasteiger partial charge < -0.3 is 10.2 Å². The SMILES string of the molecule is Cc1[nH]ncc1C(=O)N1CCNCC1C. The third kappa shape index (κ3) is 1.87. The van der Waals surface area contributed by atoms with Crippen LogP contribution in [0.1, 0.15) is 23.0 Å². The molecular weight excluding hydrogens is 192 g/mol. The van der Waals surface area contributed by atoms with E-state index in [4.69, 9.17) is 0 Å². The molecule has 1 saturated heterocycles. The van der Waals surface area contributed by atoms with E-state index in [2.05, 4.69) is 22.4 Å². The van der Waals surface area contributed by atoms with Gasteiger partial charge in [-0.1, -0.05) is 0 Å². The number of hydrogen-bond acceptors (Lipinski definition) is 3. The Morgan fingerprint density at radius 1 is 1.67 bits per heavy atom. The summed E-state index contributed by atoms with van der Waals surface area (Å²) in [6.07, 6.45) is 1.60. The van der Waals surface area contributed by atoms with Crippen molar-refractivity contribution in [2.45, 2.75) is 19.9 Å². The summed E-state index contributed by atoms with van der Waals surface area (Å²) in [4.78, 5) is 14.0. The minimum absolute atomic E-state index is 0.0789. The quantitative estimate of drug-likeness (QED) is 0.690. The Hall–Kier alpha value is -1.36. The van der Waals surface area contributed by atoms with Gasteiger partial charge in [0.15, 0.2) is 0 Å². The van der Waals surface area contributed by atoms with Gasteiger partial charge in [0.25, 0.3) is 5.91 Å². The van der Waals surface area contributed by atoms with E-state index in [0.717, 1.165) is 25.3 Å². The molecule has 1 atom stereocenters. The average Bonchev–Trinajstić information content (AvgIpc) is 2.64. The third-order valence-electron chi connectivity index (χ3n) is 2.82. The second-order valence-electron chi connectivity index (χ2n) is 3.96.